The molecule has 1 aromatic heterocycles. The SMILES string of the molecule is COC(=O)C(Sc1nc2ccccc2o1)C1CC1. The lowest BCUT2D eigenvalue weighted by molar-refractivity contribution is -0.140. The van der Waals surface area contributed by atoms with E-state index in [0.717, 1.165) is 23.9 Å². The van der Waals surface area contributed by atoms with E-state index in [0.29, 0.717) is 11.1 Å². The van der Waals surface area contributed by atoms with Gasteiger partial charge in [-0.15, -0.1) is 0 Å². The van der Waals surface area contributed by atoms with Crippen molar-refractivity contribution in [3.8, 4) is 0 Å². The molecule has 1 saturated carbocycles. The van der Waals surface area contributed by atoms with Crippen LogP contribution in [0, 0.1) is 5.92 Å². The number of fused-ring (bicyclic) bond motifs is 1. The van der Waals surface area contributed by atoms with Crippen LogP contribution in [0.3, 0.4) is 0 Å². The average molecular weight is 263 g/mol. The number of hydrogen-bond donors (Lipinski definition) is 0. The predicted molar refractivity (Wildman–Crippen MR) is 68.4 cm³/mol. The molecule has 0 amide bonds. The maximum atomic E-state index is 11.7. The standard InChI is InChI=1S/C13H13NO3S/c1-16-12(15)11(8-6-7-8)18-13-14-9-4-2-3-5-10(9)17-13/h2-5,8,11H,6-7H2,1H3. The molecule has 1 unspecified atom stereocenters. The van der Waals surface area contributed by atoms with E-state index < -0.39 is 0 Å². The molecule has 5 heteroatoms. The quantitative estimate of drug-likeness (QED) is 0.627. The van der Waals surface area contributed by atoms with Gasteiger partial charge in [0.15, 0.2) is 5.58 Å². The number of carbonyl (C=O) groups excluding carboxylic acids is 1. The second kappa shape index (κ2) is 4.65. The van der Waals surface area contributed by atoms with Crippen molar-refractivity contribution >= 4 is 28.8 Å². The summed E-state index contributed by atoms with van der Waals surface area (Å²) >= 11 is 1.37. The summed E-state index contributed by atoms with van der Waals surface area (Å²) in [6.07, 6.45) is 2.15. The Kier molecular flexibility index (Phi) is 2.99. The summed E-state index contributed by atoms with van der Waals surface area (Å²) in [4.78, 5) is 16.1. The lowest BCUT2D eigenvalue weighted by atomic mass is 10.3. The molecule has 0 radical (unpaired) electrons. The molecule has 18 heavy (non-hydrogen) atoms. The molecular formula is C13H13NO3S. The maximum absolute atomic E-state index is 11.7. The van der Waals surface area contributed by atoms with Gasteiger partial charge in [-0.25, -0.2) is 4.98 Å². The van der Waals surface area contributed by atoms with E-state index in [4.69, 9.17) is 9.15 Å². The number of hydrogen-bond acceptors (Lipinski definition) is 5. The molecule has 0 saturated heterocycles. The van der Waals surface area contributed by atoms with Gasteiger partial charge in [0.05, 0.1) is 7.11 Å². The number of oxazole rings is 1. The number of aromatic nitrogens is 1. The van der Waals surface area contributed by atoms with Crippen LogP contribution in [0.1, 0.15) is 12.8 Å². The lowest BCUT2D eigenvalue weighted by Crippen LogP contribution is -2.20. The Morgan fingerprint density at radius 1 is 1.50 bits per heavy atom. The summed E-state index contributed by atoms with van der Waals surface area (Å²) in [6.45, 7) is 0. The van der Waals surface area contributed by atoms with Gasteiger partial charge >= 0.3 is 5.97 Å². The summed E-state index contributed by atoms with van der Waals surface area (Å²) in [5.74, 6) is 0.210. The number of rotatable bonds is 4. The molecule has 2 aromatic rings. The lowest BCUT2D eigenvalue weighted by Gasteiger charge is -2.10. The fraction of sp³-hybridized carbons (Fsp3) is 0.385. The highest BCUT2D eigenvalue weighted by atomic mass is 32.2. The van der Waals surface area contributed by atoms with Gasteiger partial charge in [0.1, 0.15) is 10.8 Å². The topological polar surface area (TPSA) is 52.3 Å². The summed E-state index contributed by atoms with van der Waals surface area (Å²) in [5, 5.41) is 0.349. The molecule has 0 spiro atoms. The van der Waals surface area contributed by atoms with E-state index in [2.05, 4.69) is 4.98 Å². The second-order valence-corrected chi connectivity index (χ2v) is 5.44. The monoisotopic (exact) mass is 263 g/mol. The van der Waals surface area contributed by atoms with Crippen LogP contribution < -0.4 is 0 Å². The summed E-state index contributed by atoms with van der Waals surface area (Å²) in [7, 11) is 1.42. The van der Waals surface area contributed by atoms with Gasteiger partial charge in [-0.1, -0.05) is 23.9 Å². The Balaban J connectivity index is 1.83. The van der Waals surface area contributed by atoms with Gasteiger partial charge in [-0.2, -0.15) is 0 Å². The van der Waals surface area contributed by atoms with Crippen LogP contribution in [0.2, 0.25) is 0 Å². The molecule has 0 bridgehead atoms. The molecule has 1 aliphatic rings. The number of nitrogens with zero attached hydrogens (tertiary/aromatic N) is 1. The molecule has 4 nitrogen and oxygen atoms in total. The zero-order valence-electron chi connectivity index (χ0n) is 9.96. The molecular weight excluding hydrogens is 250 g/mol. The normalized spacial score (nSPS) is 16.7. The van der Waals surface area contributed by atoms with E-state index in [1.54, 1.807) is 0 Å². The smallest absolute Gasteiger partial charge is 0.319 e. The Morgan fingerprint density at radius 2 is 2.28 bits per heavy atom. The minimum absolute atomic E-state index is 0.190. The van der Waals surface area contributed by atoms with Crippen molar-refractivity contribution in [2.45, 2.75) is 23.3 Å². The summed E-state index contributed by atoms with van der Waals surface area (Å²) in [6, 6.07) is 7.59. The predicted octanol–water partition coefficient (Wildman–Crippen LogP) is 2.87. The highest BCUT2D eigenvalue weighted by Crippen LogP contribution is 2.42. The van der Waals surface area contributed by atoms with Crippen LogP contribution in [0.25, 0.3) is 11.1 Å². The first-order valence-electron chi connectivity index (χ1n) is 5.88. The fourth-order valence-electron chi connectivity index (χ4n) is 1.86. The fourth-order valence-corrected chi connectivity index (χ4v) is 3.03. The molecule has 94 valence electrons. The molecule has 1 aromatic carbocycles. The molecule has 0 aliphatic heterocycles. The van der Waals surface area contributed by atoms with Gasteiger partial charge in [0.2, 0.25) is 0 Å². The van der Waals surface area contributed by atoms with Crippen molar-refractivity contribution in [2.75, 3.05) is 7.11 Å². The number of carbonyl (C=O) groups is 1. The number of benzene rings is 1. The molecule has 3 rings (SSSR count). The van der Waals surface area contributed by atoms with E-state index in [1.165, 1.54) is 18.9 Å². The number of esters is 1. The Morgan fingerprint density at radius 3 is 2.94 bits per heavy atom. The van der Waals surface area contributed by atoms with Crippen molar-refractivity contribution in [1.29, 1.82) is 0 Å². The van der Waals surface area contributed by atoms with Crippen molar-refractivity contribution in [1.82, 2.24) is 4.98 Å². The minimum atomic E-state index is -0.192. The summed E-state index contributed by atoms with van der Waals surface area (Å²) in [5.41, 5.74) is 1.57. The number of thioether (sulfide) groups is 1. The third kappa shape index (κ3) is 2.22. The van der Waals surface area contributed by atoms with Gasteiger partial charge in [0.25, 0.3) is 5.22 Å². The zero-order chi connectivity index (χ0) is 12.5. The highest BCUT2D eigenvalue weighted by Gasteiger charge is 2.38. The van der Waals surface area contributed by atoms with E-state index in [9.17, 15) is 4.79 Å². The van der Waals surface area contributed by atoms with Crippen molar-refractivity contribution in [3.63, 3.8) is 0 Å². The van der Waals surface area contributed by atoms with Crippen molar-refractivity contribution < 1.29 is 13.9 Å². The van der Waals surface area contributed by atoms with Crippen LogP contribution in [-0.2, 0) is 9.53 Å². The zero-order valence-corrected chi connectivity index (χ0v) is 10.8. The Labute approximate surface area is 109 Å². The Hall–Kier alpha value is -1.49. The second-order valence-electron chi connectivity index (χ2n) is 4.35. The number of para-hydroxylation sites is 2. The number of methoxy groups -OCH3 is 1. The molecule has 1 heterocycles. The van der Waals surface area contributed by atoms with Gasteiger partial charge < -0.3 is 9.15 Å². The molecule has 1 aliphatic carbocycles. The van der Waals surface area contributed by atoms with Gasteiger partial charge in [0, 0.05) is 0 Å². The first-order valence-corrected chi connectivity index (χ1v) is 6.76. The molecule has 0 N–H and O–H groups in total. The van der Waals surface area contributed by atoms with E-state index in [1.807, 2.05) is 24.3 Å². The van der Waals surface area contributed by atoms with Gasteiger partial charge in [-0.05, 0) is 30.9 Å². The molecule has 1 fully saturated rings. The largest absolute Gasteiger partial charge is 0.468 e. The van der Waals surface area contributed by atoms with Gasteiger partial charge in [-0.3, -0.25) is 4.79 Å². The first-order chi connectivity index (χ1) is 8.78. The van der Waals surface area contributed by atoms with Crippen LogP contribution in [0.15, 0.2) is 33.9 Å². The molecule has 1 atom stereocenters. The van der Waals surface area contributed by atoms with Crippen molar-refractivity contribution in [3.05, 3.63) is 24.3 Å². The van der Waals surface area contributed by atoms with E-state index in [-0.39, 0.29) is 11.2 Å². The first kappa shape index (κ1) is 11.6. The third-order valence-electron chi connectivity index (χ3n) is 2.99. The number of ether oxygens (including phenoxy) is 1. The Bertz CT molecular complexity index is 543. The van der Waals surface area contributed by atoms with Crippen LogP contribution in [0.4, 0.5) is 0 Å². The average Bonchev–Trinajstić information content (AvgIpc) is 3.14. The van der Waals surface area contributed by atoms with Crippen molar-refractivity contribution in [2.24, 2.45) is 5.92 Å². The van der Waals surface area contributed by atoms with Crippen LogP contribution in [0.5, 0.6) is 0 Å². The third-order valence-corrected chi connectivity index (χ3v) is 4.19. The minimum Gasteiger partial charge on any atom is -0.468 e. The van der Waals surface area contributed by atoms with E-state index >= 15 is 0 Å². The summed E-state index contributed by atoms with van der Waals surface area (Å²) < 4.78 is 10.4. The highest BCUT2D eigenvalue weighted by molar-refractivity contribution is 8.00. The van der Waals surface area contributed by atoms with Crippen LogP contribution >= 0.6 is 11.8 Å². The van der Waals surface area contributed by atoms with Crippen LogP contribution in [-0.4, -0.2) is 23.3 Å². The maximum Gasteiger partial charge on any atom is 0.319 e.